The summed E-state index contributed by atoms with van der Waals surface area (Å²) in [6.07, 6.45) is 1.45. The molecule has 1 aliphatic carbocycles. The van der Waals surface area contributed by atoms with E-state index in [2.05, 4.69) is 5.32 Å². The highest BCUT2D eigenvalue weighted by molar-refractivity contribution is 6.18. The Hall–Kier alpha value is -4.28. The van der Waals surface area contributed by atoms with Crippen molar-refractivity contribution in [2.24, 2.45) is 23.7 Å². The SMILES string of the molecule is CCC(C)(CC)NC(=O)C1CC(C=O)C2C(=O)N(c3cc(OC(=O)C=Cc4ccc(C(F)(F)F)cc4)cc(C(C)(CC)CC)c3)C(=O)CC12. The van der Waals surface area contributed by atoms with Crippen LogP contribution in [-0.4, -0.2) is 35.5 Å². The number of hydrogen-bond acceptors (Lipinski definition) is 6. The minimum Gasteiger partial charge on any atom is -0.423 e. The van der Waals surface area contributed by atoms with Gasteiger partial charge in [0.25, 0.3) is 0 Å². The first-order valence-corrected chi connectivity index (χ1v) is 16.9. The monoisotopic (exact) mass is 682 g/mol. The lowest BCUT2D eigenvalue weighted by Gasteiger charge is -2.37. The van der Waals surface area contributed by atoms with E-state index in [-0.39, 0.29) is 30.2 Å². The number of halogens is 3. The zero-order valence-corrected chi connectivity index (χ0v) is 28.9. The molecule has 4 rings (SSSR count). The molecular weight excluding hydrogens is 637 g/mol. The van der Waals surface area contributed by atoms with Crippen molar-refractivity contribution >= 4 is 41.7 Å². The summed E-state index contributed by atoms with van der Waals surface area (Å²) >= 11 is 0. The Morgan fingerprint density at radius 3 is 2.12 bits per heavy atom. The number of anilines is 1. The molecule has 1 saturated heterocycles. The molecule has 2 fully saturated rings. The first-order chi connectivity index (χ1) is 23.0. The molecule has 0 radical (unpaired) electrons. The molecule has 2 aromatic carbocycles. The van der Waals surface area contributed by atoms with Crippen LogP contribution in [0, 0.1) is 23.7 Å². The first-order valence-electron chi connectivity index (χ1n) is 16.9. The number of aldehydes is 1. The predicted octanol–water partition coefficient (Wildman–Crippen LogP) is 7.43. The molecule has 0 spiro atoms. The summed E-state index contributed by atoms with van der Waals surface area (Å²) < 4.78 is 44.4. The van der Waals surface area contributed by atoms with E-state index in [1.165, 1.54) is 24.3 Å². The predicted molar refractivity (Wildman–Crippen MR) is 179 cm³/mol. The molecule has 11 heteroatoms. The van der Waals surface area contributed by atoms with Gasteiger partial charge in [-0.3, -0.25) is 19.3 Å². The van der Waals surface area contributed by atoms with Gasteiger partial charge in [-0.2, -0.15) is 13.2 Å². The third-order valence-electron chi connectivity index (χ3n) is 10.9. The fourth-order valence-corrected chi connectivity index (χ4v) is 6.79. The quantitative estimate of drug-likeness (QED) is 0.0820. The molecule has 1 aliphatic heterocycles. The van der Waals surface area contributed by atoms with Crippen LogP contribution in [0.4, 0.5) is 18.9 Å². The molecule has 3 amide bonds. The average molecular weight is 683 g/mol. The Balaban J connectivity index is 1.65. The molecule has 1 heterocycles. The second kappa shape index (κ2) is 14.7. The molecule has 8 nitrogen and oxygen atoms in total. The smallest absolute Gasteiger partial charge is 0.416 e. The molecule has 1 saturated carbocycles. The molecule has 264 valence electrons. The fourth-order valence-electron chi connectivity index (χ4n) is 6.79. The van der Waals surface area contributed by atoms with Gasteiger partial charge in [0.15, 0.2) is 0 Å². The lowest BCUT2D eigenvalue weighted by molar-refractivity contribution is -0.139. The molecule has 0 bridgehead atoms. The number of nitrogens with one attached hydrogen (secondary N) is 1. The van der Waals surface area contributed by atoms with Gasteiger partial charge in [0.1, 0.15) is 12.0 Å². The van der Waals surface area contributed by atoms with Crippen LogP contribution in [0.15, 0.2) is 48.5 Å². The maximum absolute atomic E-state index is 14.2. The standard InChI is InChI=1S/C38H45F3N2O6/c1-7-36(5,8-2)26-18-27(20-28(19-26)49-32(46)16-13-23-11-14-25(15-12-23)38(39,40)41)43-31(45)21-29-30(17-24(22-44)33(29)35(43)48)34(47)42-37(6,9-3)10-4/h11-16,18-20,22,24,29-30,33H,7-10,17,21H2,1-6H3,(H,42,47). The molecule has 4 atom stereocenters. The molecule has 4 unspecified atom stereocenters. The van der Waals surface area contributed by atoms with Gasteiger partial charge in [-0.1, -0.05) is 46.8 Å². The number of nitrogens with zero attached hydrogens (tertiary/aromatic N) is 1. The van der Waals surface area contributed by atoms with Crippen molar-refractivity contribution in [1.82, 2.24) is 5.32 Å². The van der Waals surface area contributed by atoms with E-state index in [1.807, 2.05) is 41.5 Å². The number of carbonyl (C=O) groups is 5. The van der Waals surface area contributed by atoms with Gasteiger partial charge < -0.3 is 14.8 Å². The number of carbonyl (C=O) groups excluding carboxylic acids is 5. The van der Waals surface area contributed by atoms with Gasteiger partial charge in [-0.25, -0.2) is 4.79 Å². The summed E-state index contributed by atoms with van der Waals surface area (Å²) in [4.78, 5) is 67.6. The molecular formula is C38H45F3N2O6. The number of esters is 1. The van der Waals surface area contributed by atoms with E-state index in [4.69, 9.17) is 4.74 Å². The Morgan fingerprint density at radius 1 is 0.939 bits per heavy atom. The van der Waals surface area contributed by atoms with Crippen LogP contribution in [-0.2, 0) is 35.6 Å². The van der Waals surface area contributed by atoms with Crippen LogP contribution >= 0.6 is 0 Å². The van der Waals surface area contributed by atoms with Gasteiger partial charge in [0.2, 0.25) is 17.7 Å². The van der Waals surface area contributed by atoms with Crippen LogP contribution < -0.4 is 15.0 Å². The number of alkyl halides is 3. The van der Waals surface area contributed by atoms with Crippen molar-refractivity contribution < 1.29 is 41.9 Å². The second-order valence-corrected chi connectivity index (χ2v) is 13.7. The normalized spacial score (nSPS) is 21.5. The first kappa shape index (κ1) is 37.5. The number of amides is 3. The zero-order chi connectivity index (χ0) is 36.3. The number of rotatable bonds is 12. The maximum atomic E-state index is 14.2. The van der Waals surface area contributed by atoms with Gasteiger partial charge in [0, 0.05) is 35.9 Å². The topological polar surface area (TPSA) is 110 Å². The van der Waals surface area contributed by atoms with Gasteiger partial charge in [-0.15, -0.1) is 0 Å². The highest BCUT2D eigenvalue weighted by Crippen LogP contribution is 2.48. The highest BCUT2D eigenvalue weighted by atomic mass is 19.4. The minimum absolute atomic E-state index is 0.0689. The van der Waals surface area contributed by atoms with E-state index >= 15 is 0 Å². The molecule has 0 aromatic heterocycles. The number of fused-ring (bicyclic) bond motifs is 1. The van der Waals surface area contributed by atoms with Crippen LogP contribution in [0.2, 0.25) is 0 Å². The van der Waals surface area contributed by atoms with E-state index < -0.39 is 64.1 Å². The number of imide groups is 1. The van der Waals surface area contributed by atoms with Gasteiger partial charge in [0.05, 0.1) is 17.2 Å². The summed E-state index contributed by atoms with van der Waals surface area (Å²) in [5, 5.41) is 3.09. The van der Waals surface area contributed by atoms with Crippen molar-refractivity contribution in [1.29, 1.82) is 0 Å². The average Bonchev–Trinajstić information content (AvgIpc) is 3.45. The lowest BCUT2D eigenvalue weighted by atomic mass is 9.77. The van der Waals surface area contributed by atoms with Crippen LogP contribution in [0.3, 0.4) is 0 Å². The Bertz CT molecular complexity index is 1610. The summed E-state index contributed by atoms with van der Waals surface area (Å²) in [6, 6.07) is 9.10. The Kier molecular flexibility index (Phi) is 11.2. The summed E-state index contributed by atoms with van der Waals surface area (Å²) in [5.74, 6) is -5.01. The minimum atomic E-state index is -4.49. The lowest BCUT2D eigenvalue weighted by Crippen LogP contribution is -2.53. The van der Waals surface area contributed by atoms with Crippen molar-refractivity contribution in [2.45, 2.75) is 97.2 Å². The van der Waals surface area contributed by atoms with E-state index in [0.717, 1.165) is 28.7 Å². The Morgan fingerprint density at radius 2 is 1.57 bits per heavy atom. The molecule has 1 N–H and O–H groups in total. The van der Waals surface area contributed by atoms with Crippen molar-refractivity contribution in [3.05, 3.63) is 65.2 Å². The number of benzene rings is 2. The van der Waals surface area contributed by atoms with Crippen LogP contribution in [0.25, 0.3) is 6.08 Å². The summed E-state index contributed by atoms with van der Waals surface area (Å²) in [5.41, 5.74) is -0.411. The van der Waals surface area contributed by atoms with E-state index in [0.29, 0.717) is 37.5 Å². The second-order valence-electron chi connectivity index (χ2n) is 13.7. The third kappa shape index (κ3) is 7.97. The third-order valence-corrected chi connectivity index (χ3v) is 10.9. The zero-order valence-electron chi connectivity index (χ0n) is 28.9. The number of piperidine rings is 1. The van der Waals surface area contributed by atoms with Crippen LogP contribution in [0.1, 0.15) is 96.8 Å². The number of hydrogen-bond donors (Lipinski definition) is 1. The van der Waals surface area contributed by atoms with Crippen molar-refractivity contribution in [3.63, 3.8) is 0 Å². The largest absolute Gasteiger partial charge is 0.423 e. The van der Waals surface area contributed by atoms with Crippen molar-refractivity contribution in [2.75, 3.05) is 4.90 Å². The Labute approximate surface area is 285 Å². The summed E-state index contributed by atoms with van der Waals surface area (Å²) in [7, 11) is 0. The highest BCUT2D eigenvalue weighted by Gasteiger charge is 2.56. The van der Waals surface area contributed by atoms with Gasteiger partial charge in [-0.05, 0) is 91.8 Å². The molecule has 2 aliphatic rings. The molecule has 2 aromatic rings. The van der Waals surface area contributed by atoms with Crippen molar-refractivity contribution in [3.8, 4) is 5.75 Å². The van der Waals surface area contributed by atoms with Crippen LogP contribution in [0.5, 0.6) is 5.75 Å². The maximum Gasteiger partial charge on any atom is 0.416 e. The van der Waals surface area contributed by atoms with Gasteiger partial charge >= 0.3 is 12.1 Å². The summed E-state index contributed by atoms with van der Waals surface area (Å²) in [6.45, 7) is 11.9. The number of ether oxygens (including phenoxy) is 1. The van der Waals surface area contributed by atoms with E-state index in [1.54, 1.807) is 12.1 Å². The fraction of sp³-hybridized carbons (Fsp3) is 0.500. The molecule has 49 heavy (non-hydrogen) atoms. The van der Waals surface area contributed by atoms with E-state index in [9.17, 15) is 37.1 Å².